The highest BCUT2D eigenvalue weighted by Gasteiger charge is 2.11. The SMILES string of the molecule is Cc1ncsc1CNc1cc([N+](=O)[O-])ccc1F. The van der Waals surface area contributed by atoms with Crippen LogP contribution in [-0.4, -0.2) is 9.91 Å². The van der Waals surface area contributed by atoms with Crippen molar-refractivity contribution in [3.8, 4) is 0 Å². The second-order valence-electron chi connectivity index (χ2n) is 3.64. The number of benzene rings is 1. The Morgan fingerprint density at radius 3 is 2.94 bits per heavy atom. The maximum absolute atomic E-state index is 13.5. The van der Waals surface area contributed by atoms with E-state index in [1.807, 2.05) is 6.92 Å². The molecule has 2 rings (SSSR count). The van der Waals surface area contributed by atoms with Crippen LogP contribution in [0.25, 0.3) is 0 Å². The van der Waals surface area contributed by atoms with Gasteiger partial charge in [-0.05, 0) is 13.0 Å². The minimum Gasteiger partial charge on any atom is -0.378 e. The van der Waals surface area contributed by atoms with E-state index in [9.17, 15) is 14.5 Å². The van der Waals surface area contributed by atoms with Gasteiger partial charge in [-0.25, -0.2) is 9.37 Å². The van der Waals surface area contributed by atoms with Crippen molar-refractivity contribution in [2.75, 3.05) is 5.32 Å². The Balaban J connectivity index is 2.16. The number of thiazole rings is 1. The van der Waals surface area contributed by atoms with Crippen LogP contribution in [0.2, 0.25) is 0 Å². The first kappa shape index (κ1) is 12.4. The van der Waals surface area contributed by atoms with Crippen LogP contribution in [0.15, 0.2) is 23.7 Å². The molecule has 0 aliphatic rings. The number of aryl methyl sites for hydroxylation is 1. The Bertz CT molecular complexity index is 585. The van der Waals surface area contributed by atoms with E-state index in [0.717, 1.165) is 22.7 Å². The number of nitro benzene ring substituents is 1. The summed E-state index contributed by atoms with van der Waals surface area (Å²) in [6.45, 7) is 2.26. The molecule has 1 N–H and O–H groups in total. The number of nitro groups is 1. The molecule has 5 nitrogen and oxygen atoms in total. The quantitative estimate of drug-likeness (QED) is 0.682. The first-order valence-electron chi connectivity index (χ1n) is 5.14. The molecule has 7 heteroatoms. The third-order valence-corrected chi connectivity index (χ3v) is 3.38. The largest absolute Gasteiger partial charge is 0.378 e. The van der Waals surface area contributed by atoms with Gasteiger partial charge in [-0.15, -0.1) is 11.3 Å². The van der Waals surface area contributed by atoms with Crippen LogP contribution >= 0.6 is 11.3 Å². The van der Waals surface area contributed by atoms with Crippen LogP contribution < -0.4 is 5.32 Å². The van der Waals surface area contributed by atoms with Crippen LogP contribution in [0, 0.1) is 22.9 Å². The second kappa shape index (κ2) is 5.09. The summed E-state index contributed by atoms with van der Waals surface area (Å²) >= 11 is 1.46. The zero-order valence-corrected chi connectivity index (χ0v) is 10.3. The molecule has 0 spiro atoms. The minimum atomic E-state index is -0.553. The maximum Gasteiger partial charge on any atom is 0.271 e. The topological polar surface area (TPSA) is 68.1 Å². The van der Waals surface area contributed by atoms with E-state index in [1.165, 1.54) is 17.4 Å². The van der Waals surface area contributed by atoms with Crippen molar-refractivity contribution in [3.05, 3.63) is 50.2 Å². The molecular formula is C11H10FN3O2S. The summed E-state index contributed by atoms with van der Waals surface area (Å²) in [5.74, 6) is -0.511. The van der Waals surface area contributed by atoms with Gasteiger partial charge in [0, 0.05) is 17.0 Å². The predicted octanol–water partition coefficient (Wildman–Crippen LogP) is 3.11. The van der Waals surface area contributed by atoms with Gasteiger partial charge in [0.15, 0.2) is 0 Å². The van der Waals surface area contributed by atoms with Gasteiger partial charge in [-0.1, -0.05) is 0 Å². The molecule has 1 aromatic carbocycles. The van der Waals surface area contributed by atoms with Gasteiger partial charge < -0.3 is 5.32 Å². The Morgan fingerprint density at radius 1 is 1.56 bits per heavy atom. The molecule has 0 saturated carbocycles. The Kier molecular flexibility index (Phi) is 3.52. The fourth-order valence-corrected chi connectivity index (χ4v) is 2.15. The van der Waals surface area contributed by atoms with E-state index in [4.69, 9.17) is 0 Å². The number of aromatic nitrogens is 1. The molecule has 0 aliphatic heterocycles. The highest BCUT2D eigenvalue weighted by atomic mass is 32.1. The third-order valence-electron chi connectivity index (χ3n) is 2.45. The number of halogens is 1. The highest BCUT2D eigenvalue weighted by molar-refractivity contribution is 7.09. The molecule has 1 heterocycles. The lowest BCUT2D eigenvalue weighted by Crippen LogP contribution is -2.02. The Labute approximate surface area is 106 Å². The lowest BCUT2D eigenvalue weighted by atomic mass is 10.2. The van der Waals surface area contributed by atoms with Gasteiger partial charge in [0.1, 0.15) is 5.82 Å². The first-order chi connectivity index (χ1) is 8.58. The van der Waals surface area contributed by atoms with Crippen molar-refractivity contribution in [2.45, 2.75) is 13.5 Å². The fraction of sp³-hybridized carbons (Fsp3) is 0.182. The lowest BCUT2D eigenvalue weighted by molar-refractivity contribution is -0.384. The maximum atomic E-state index is 13.5. The number of hydrogen-bond acceptors (Lipinski definition) is 5. The normalized spacial score (nSPS) is 10.3. The van der Waals surface area contributed by atoms with E-state index < -0.39 is 10.7 Å². The van der Waals surface area contributed by atoms with Crippen molar-refractivity contribution in [2.24, 2.45) is 0 Å². The number of anilines is 1. The molecule has 1 aromatic heterocycles. The monoisotopic (exact) mass is 267 g/mol. The zero-order valence-electron chi connectivity index (χ0n) is 9.51. The third kappa shape index (κ3) is 2.62. The smallest absolute Gasteiger partial charge is 0.271 e. The Hall–Kier alpha value is -2.02. The van der Waals surface area contributed by atoms with Crippen LogP contribution in [0.4, 0.5) is 15.8 Å². The van der Waals surface area contributed by atoms with Gasteiger partial charge in [0.25, 0.3) is 5.69 Å². The number of nitrogens with zero attached hydrogens (tertiary/aromatic N) is 2. The van der Waals surface area contributed by atoms with E-state index in [1.54, 1.807) is 5.51 Å². The average molecular weight is 267 g/mol. The van der Waals surface area contributed by atoms with Gasteiger partial charge in [0.05, 0.1) is 28.4 Å². The number of hydrogen-bond donors (Lipinski definition) is 1. The van der Waals surface area contributed by atoms with E-state index in [2.05, 4.69) is 10.3 Å². The van der Waals surface area contributed by atoms with Crippen LogP contribution in [0.5, 0.6) is 0 Å². The van der Waals surface area contributed by atoms with Crippen molar-refractivity contribution in [1.29, 1.82) is 0 Å². The summed E-state index contributed by atoms with van der Waals surface area (Å²) in [5.41, 5.74) is 2.56. The molecule has 0 atom stereocenters. The first-order valence-corrected chi connectivity index (χ1v) is 6.02. The zero-order chi connectivity index (χ0) is 13.1. The second-order valence-corrected chi connectivity index (χ2v) is 4.58. The van der Waals surface area contributed by atoms with Gasteiger partial charge >= 0.3 is 0 Å². The summed E-state index contributed by atoms with van der Waals surface area (Å²) in [6.07, 6.45) is 0. The minimum absolute atomic E-state index is 0.122. The molecular weight excluding hydrogens is 257 g/mol. The molecule has 0 unspecified atom stereocenters. The van der Waals surface area contributed by atoms with Crippen molar-refractivity contribution >= 4 is 22.7 Å². The van der Waals surface area contributed by atoms with Gasteiger partial charge in [-0.2, -0.15) is 0 Å². The number of non-ortho nitro benzene ring substituents is 1. The molecule has 18 heavy (non-hydrogen) atoms. The standard InChI is InChI=1S/C11H10FN3O2S/c1-7-11(18-6-14-7)5-13-10-4-8(15(16)17)2-3-9(10)12/h2-4,6,13H,5H2,1H3. The van der Waals surface area contributed by atoms with Gasteiger partial charge in [0.2, 0.25) is 0 Å². The fourth-order valence-electron chi connectivity index (χ4n) is 1.43. The summed E-state index contributed by atoms with van der Waals surface area (Å²) < 4.78 is 13.5. The van der Waals surface area contributed by atoms with E-state index >= 15 is 0 Å². The molecule has 0 aliphatic carbocycles. The average Bonchev–Trinajstić information content (AvgIpc) is 2.73. The molecule has 0 radical (unpaired) electrons. The molecule has 0 saturated heterocycles. The van der Waals surface area contributed by atoms with Crippen LogP contribution in [0.1, 0.15) is 10.6 Å². The van der Waals surface area contributed by atoms with Gasteiger partial charge in [-0.3, -0.25) is 10.1 Å². The van der Waals surface area contributed by atoms with Crippen LogP contribution in [0.3, 0.4) is 0 Å². The van der Waals surface area contributed by atoms with E-state index in [-0.39, 0.29) is 11.4 Å². The summed E-state index contributed by atoms with van der Waals surface area (Å²) in [4.78, 5) is 15.1. The number of nitrogens with one attached hydrogen (secondary N) is 1. The van der Waals surface area contributed by atoms with Crippen molar-refractivity contribution in [1.82, 2.24) is 4.98 Å². The Morgan fingerprint density at radius 2 is 2.33 bits per heavy atom. The molecule has 2 aromatic rings. The van der Waals surface area contributed by atoms with Crippen molar-refractivity contribution in [3.63, 3.8) is 0 Å². The highest BCUT2D eigenvalue weighted by Crippen LogP contribution is 2.22. The molecule has 0 amide bonds. The van der Waals surface area contributed by atoms with Crippen molar-refractivity contribution < 1.29 is 9.31 Å². The summed E-state index contributed by atoms with van der Waals surface area (Å²) in [7, 11) is 0. The summed E-state index contributed by atoms with van der Waals surface area (Å²) in [5, 5.41) is 13.4. The molecule has 0 fully saturated rings. The predicted molar refractivity (Wildman–Crippen MR) is 67.2 cm³/mol. The van der Waals surface area contributed by atoms with E-state index in [0.29, 0.717) is 6.54 Å². The lowest BCUT2D eigenvalue weighted by Gasteiger charge is -2.06. The summed E-state index contributed by atoms with van der Waals surface area (Å²) in [6, 6.07) is 3.41. The molecule has 94 valence electrons. The van der Waals surface area contributed by atoms with Crippen LogP contribution in [-0.2, 0) is 6.54 Å². The molecule has 0 bridgehead atoms. The number of rotatable bonds is 4.